The lowest BCUT2D eigenvalue weighted by molar-refractivity contribution is -0.151. The molecule has 0 aliphatic carbocycles. The van der Waals surface area contributed by atoms with Crippen molar-refractivity contribution in [2.75, 3.05) is 37.6 Å². The second-order valence-electron chi connectivity index (χ2n) is 6.96. The summed E-state index contributed by atoms with van der Waals surface area (Å²) in [7, 11) is 3.00. The molecule has 2 aromatic rings. The Kier molecular flexibility index (Phi) is 6.56. The molecule has 0 radical (unpaired) electrons. The first-order valence-electron chi connectivity index (χ1n) is 9.47. The van der Waals surface area contributed by atoms with Crippen molar-refractivity contribution in [3.05, 3.63) is 48.0 Å². The molecule has 1 atom stereocenters. The number of ether oxygens (including phenoxy) is 3. The highest BCUT2D eigenvalue weighted by Crippen LogP contribution is 2.29. The van der Waals surface area contributed by atoms with E-state index in [9.17, 15) is 14.4 Å². The van der Waals surface area contributed by atoms with Crippen LogP contribution in [0.4, 0.5) is 11.4 Å². The van der Waals surface area contributed by atoms with E-state index >= 15 is 0 Å². The van der Waals surface area contributed by atoms with E-state index < -0.39 is 24.4 Å². The Morgan fingerprint density at radius 2 is 1.83 bits per heavy atom. The number of hydrogen-bond acceptors (Lipinski definition) is 6. The zero-order chi connectivity index (χ0) is 21.7. The summed E-state index contributed by atoms with van der Waals surface area (Å²) in [5, 5.41) is 2.63. The van der Waals surface area contributed by atoms with Gasteiger partial charge in [-0.1, -0.05) is 17.7 Å². The van der Waals surface area contributed by atoms with Crippen molar-refractivity contribution in [3.63, 3.8) is 0 Å². The quantitative estimate of drug-likeness (QED) is 0.703. The fraction of sp³-hybridized carbons (Fsp3) is 0.318. The second kappa shape index (κ2) is 9.30. The van der Waals surface area contributed by atoms with Crippen LogP contribution in [0.2, 0.25) is 0 Å². The number of aryl methyl sites for hydroxylation is 1. The third kappa shape index (κ3) is 4.89. The largest absolute Gasteiger partial charge is 0.497 e. The van der Waals surface area contributed by atoms with Crippen molar-refractivity contribution in [1.82, 2.24) is 0 Å². The molecule has 1 N–H and O–H groups in total. The van der Waals surface area contributed by atoms with E-state index in [2.05, 4.69) is 5.32 Å². The number of hydrogen-bond donors (Lipinski definition) is 1. The molecule has 158 valence electrons. The Bertz CT molecular complexity index is 941. The highest BCUT2D eigenvalue weighted by molar-refractivity contribution is 6.00. The highest BCUT2D eigenvalue weighted by atomic mass is 16.5. The number of amides is 2. The van der Waals surface area contributed by atoms with Gasteiger partial charge in [-0.3, -0.25) is 14.4 Å². The molecular formula is C22H24N2O6. The van der Waals surface area contributed by atoms with Crippen LogP contribution in [0.25, 0.3) is 0 Å². The zero-order valence-corrected chi connectivity index (χ0v) is 17.1. The number of carbonyl (C=O) groups excluding carboxylic acids is 3. The van der Waals surface area contributed by atoms with Gasteiger partial charge in [0.1, 0.15) is 11.5 Å². The topological polar surface area (TPSA) is 94.2 Å². The van der Waals surface area contributed by atoms with Gasteiger partial charge in [0.05, 0.1) is 25.8 Å². The fourth-order valence-corrected chi connectivity index (χ4v) is 3.18. The average molecular weight is 412 g/mol. The number of esters is 1. The van der Waals surface area contributed by atoms with E-state index in [0.717, 1.165) is 11.3 Å². The Hall–Kier alpha value is -3.55. The molecular weight excluding hydrogens is 388 g/mol. The van der Waals surface area contributed by atoms with Crippen LogP contribution in [0.1, 0.15) is 12.0 Å². The summed E-state index contributed by atoms with van der Waals surface area (Å²) < 4.78 is 15.5. The van der Waals surface area contributed by atoms with Crippen LogP contribution in [-0.2, 0) is 19.1 Å². The van der Waals surface area contributed by atoms with E-state index in [1.807, 2.05) is 31.2 Å². The third-order valence-corrected chi connectivity index (χ3v) is 4.83. The molecule has 1 fully saturated rings. The Labute approximate surface area is 174 Å². The van der Waals surface area contributed by atoms with Crippen LogP contribution in [0, 0.1) is 12.8 Å². The van der Waals surface area contributed by atoms with E-state index in [0.29, 0.717) is 17.2 Å². The van der Waals surface area contributed by atoms with Crippen molar-refractivity contribution in [1.29, 1.82) is 0 Å². The number of carbonyl (C=O) groups is 3. The van der Waals surface area contributed by atoms with Gasteiger partial charge >= 0.3 is 5.97 Å². The Balaban J connectivity index is 1.54. The standard InChI is InChI=1S/C22H24N2O6/c1-14-4-6-16(7-5-14)24-12-15(10-21(24)26)22(27)30-13-20(25)23-18-9-8-17(28-2)11-19(18)29-3/h4-9,11,15H,10,12-13H2,1-3H3,(H,23,25)/t15-/m0/s1. The third-order valence-electron chi connectivity index (χ3n) is 4.83. The van der Waals surface area contributed by atoms with Crippen LogP contribution in [0.3, 0.4) is 0 Å². The maximum absolute atomic E-state index is 12.4. The van der Waals surface area contributed by atoms with Crippen LogP contribution < -0.4 is 19.7 Å². The van der Waals surface area contributed by atoms with Gasteiger partial charge < -0.3 is 24.4 Å². The summed E-state index contributed by atoms with van der Waals surface area (Å²) in [6.07, 6.45) is 0.0562. The summed E-state index contributed by atoms with van der Waals surface area (Å²) in [4.78, 5) is 38.4. The molecule has 0 saturated carbocycles. The maximum Gasteiger partial charge on any atom is 0.311 e. The minimum Gasteiger partial charge on any atom is -0.497 e. The van der Waals surface area contributed by atoms with Gasteiger partial charge in [-0.05, 0) is 31.2 Å². The van der Waals surface area contributed by atoms with Gasteiger partial charge in [0, 0.05) is 24.7 Å². The number of rotatable bonds is 7. The molecule has 2 aromatic carbocycles. The highest BCUT2D eigenvalue weighted by Gasteiger charge is 2.36. The Morgan fingerprint density at radius 1 is 1.10 bits per heavy atom. The van der Waals surface area contributed by atoms with Crippen molar-refractivity contribution >= 4 is 29.2 Å². The first-order chi connectivity index (χ1) is 14.4. The smallest absolute Gasteiger partial charge is 0.311 e. The van der Waals surface area contributed by atoms with Gasteiger partial charge in [0.25, 0.3) is 5.91 Å². The van der Waals surface area contributed by atoms with Gasteiger partial charge in [-0.2, -0.15) is 0 Å². The molecule has 1 heterocycles. The minimum atomic E-state index is -0.609. The second-order valence-corrected chi connectivity index (χ2v) is 6.96. The molecule has 2 amide bonds. The molecule has 30 heavy (non-hydrogen) atoms. The van der Waals surface area contributed by atoms with Crippen molar-refractivity contribution in [2.24, 2.45) is 5.92 Å². The van der Waals surface area contributed by atoms with Crippen LogP contribution >= 0.6 is 0 Å². The molecule has 8 heteroatoms. The number of nitrogens with one attached hydrogen (secondary N) is 1. The lowest BCUT2D eigenvalue weighted by Gasteiger charge is -2.16. The number of anilines is 2. The van der Waals surface area contributed by atoms with Crippen molar-refractivity contribution in [2.45, 2.75) is 13.3 Å². The minimum absolute atomic E-state index is 0.0562. The van der Waals surface area contributed by atoms with Gasteiger partial charge in [0.2, 0.25) is 5.91 Å². The average Bonchev–Trinajstić information content (AvgIpc) is 3.14. The van der Waals surface area contributed by atoms with Gasteiger partial charge in [0.15, 0.2) is 6.61 Å². The predicted octanol–water partition coefficient (Wildman–Crippen LogP) is 2.55. The maximum atomic E-state index is 12.4. The predicted molar refractivity (Wildman–Crippen MR) is 111 cm³/mol. The summed E-state index contributed by atoms with van der Waals surface area (Å²) in [6, 6.07) is 12.4. The number of methoxy groups -OCH3 is 2. The molecule has 3 rings (SSSR count). The van der Waals surface area contributed by atoms with Gasteiger partial charge in [-0.25, -0.2) is 0 Å². The molecule has 1 saturated heterocycles. The molecule has 0 bridgehead atoms. The van der Waals surface area contributed by atoms with Crippen LogP contribution in [0.5, 0.6) is 11.5 Å². The summed E-state index contributed by atoms with van der Waals surface area (Å²) in [5.41, 5.74) is 2.26. The van der Waals surface area contributed by atoms with Crippen LogP contribution in [0.15, 0.2) is 42.5 Å². The van der Waals surface area contributed by atoms with E-state index in [1.165, 1.54) is 14.2 Å². The molecule has 1 aliphatic heterocycles. The zero-order valence-electron chi connectivity index (χ0n) is 17.1. The number of nitrogens with zero attached hydrogens (tertiary/aromatic N) is 1. The van der Waals surface area contributed by atoms with E-state index in [-0.39, 0.29) is 18.9 Å². The lowest BCUT2D eigenvalue weighted by Crippen LogP contribution is -2.28. The SMILES string of the molecule is COc1ccc(NC(=O)COC(=O)[C@H]2CC(=O)N(c3ccc(C)cc3)C2)c(OC)c1. The van der Waals surface area contributed by atoms with Gasteiger partial charge in [-0.15, -0.1) is 0 Å². The fourth-order valence-electron chi connectivity index (χ4n) is 3.18. The van der Waals surface area contributed by atoms with Crippen LogP contribution in [-0.4, -0.2) is 45.2 Å². The molecule has 8 nitrogen and oxygen atoms in total. The van der Waals surface area contributed by atoms with Crippen molar-refractivity contribution in [3.8, 4) is 11.5 Å². The van der Waals surface area contributed by atoms with E-state index in [4.69, 9.17) is 14.2 Å². The first kappa shape index (κ1) is 21.2. The molecule has 1 aliphatic rings. The lowest BCUT2D eigenvalue weighted by atomic mass is 10.1. The normalized spacial score (nSPS) is 15.6. The van der Waals surface area contributed by atoms with E-state index in [1.54, 1.807) is 23.1 Å². The summed E-state index contributed by atoms with van der Waals surface area (Å²) in [6.45, 7) is 1.74. The summed E-state index contributed by atoms with van der Waals surface area (Å²) in [5.74, 6) is -0.832. The number of benzene rings is 2. The molecule has 0 unspecified atom stereocenters. The first-order valence-corrected chi connectivity index (χ1v) is 9.47. The monoisotopic (exact) mass is 412 g/mol. The Morgan fingerprint density at radius 3 is 2.50 bits per heavy atom. The molecule has 0 aromatic heterocycles. The molecule has 0 spiro atoms. The van der Waals surface area contributed by atoms with Crippen molar-refractivity contribution < 1.29 is 28.6 Å². The summed E-state index contributed by atoms with van der Waals surface area (Å²) >= 11 is 0.